The van der Waals surface area contributed by atoms with Crippen molar-refractivity contribution < 1.29 is 14.3 Å². The number of amides is 2. The van der Waals surface area contributed by atoms with E-state index in [1.54, 1.807) is 36.4 Å². The molecule has 0 saturated heterocycles. The molecule has 27 heavy (non-hydrogen) atoms. The van der Waals surface area contributed by atoms with Crippen LogP contribution in [0.1, 0.15) is 32.3 Å². The molecule has 0 saturated carbocycles. The number of carbonyl (C=O) groups is 2. The van der Waals surface area contributed by atoms with Gasteiger partial charge in [0.05, 0.1) is 5.92 Å². The zero-order valence-corrected chi connectivity index (χ0v) is 16.5. The number of rotatable bonds is 8. The minimum Gasteiger partial charge on any atom is -0.484 e. The molecule has 0 bridgehead atoms. The van der Waals surface area contributed by atoms with E-state index in [0.717, 1.165) is 5.56 Å². The number of likely N-dealkylation sites (N-methyl/N-ethyl adjacent to an activating group) is 1. The molecule has 0 spiro atoms. The van der Waals surface area contributed by atoms with E-state index >= 15 is 0 Å². The average Bonchev–Trinajstić information content (AvgIpc) is 2.63. The lowest BCUT2D eigenvalue weighted by molar-refractivity contribution is -0.123. The Labute approximate surface area is 165 Å². The van der Waals surface area contributed by atoms with Crippen molar-refractivity contribution in [3.05, 3.63) is 59.1 Å². The molecule has 0 heterocycles. The maximum absolute atomic E-state index is 12.8. The van der Waals surface area contributed by atoms with E-state index in [0.29, 0.717) is 23.0 Å². The smallest absolute Gasteiger partial charge is 0.257 e. The fourth-order valence-electron chi connectivity index (χ4n) is 2.76. The minimum atomic E-state index is -0.282. The van der Waals surface area contributed by atoms with Crippen molar-refractivity contribution in [2.75, 3.05) is 18.5 Å². The van der Waals surface area contributed by atoms with Crippen LogP contribution in [0.25, 0.3) is 0 Å². The van der Waals surface area contributed by atoms with Crippen LogP contribution in [0.3, 0.4) is 0 Å². The van der Waals surface area contributed by atoms with Gasteiger partial charge in [0.15, 0.2) is 6.61 Å². The molecular formula is C21H25ClN2O3. The zero-order valence-electron chi connectivity index (χ0n) is 15.8. The van der Waals surface area contributed by atoms with Crippen molar-refractivity contribution in [3.8, 4) is 5.75 Å². The first-order valence-electron chi connectivity index (χ1n) is 8.96. The van der Waals surface area contributed by atoms with Crippen LogP contribution in [0, 0.1) is 5.92 Å². The lowest BCUT2D eigenvalue weighted by Gasteiger charge is -2.21. The van der Waals surface area contributed by atoms with Gasteiger partial charge >= 0.3 is 0 Å². The lowest BCUT2D eigenvalue weighted by Crippen LogP contribution is -2.28. The average molecular weight is 389 g/mol. The van der Waals surface area contributed by atoms with Gasteiger partial charge in [-0.1, -0.05) is 37.6 Å². The number of nitrogens with one attached hydrogen (secondary N) is 2. The van der Waals surface area contributed by atoms with Gasteiger partial charge in [0.25, 0.3) is 5.91 Å². The second-order valence-electron chi connectivity index (χ2n) is 6.53. The molecule has 0 radical (unpaired) electrons. The van der Waals surface area contributed by atoms with E-state index in [1.807, 2.05) is 32.9 Å². The highest BCUT2D eigenvalue weighted by Crippen LogP contribution is 2.27. The maximum Gasteiger partial charge on any atom is 0.257 e. The van der Waals surface area contributed by atoms with Crippen LogP contribution < -0.4 is 15.4 Å². The van der Waals surface area contributed by atoms with Gasteiger partial charge in [-0.05, 0) is 54.8 Å². The molecule has 2 aromatic carbocycles. The van der Waals surface area contributed by atoms with Crippen molar-refractivity contribution in [2.45, 2.75) is 26.7 Å². The Balaban J connectivity index is 2.01. The third kappa shape index (κ3) is 6.29. The van der Waals surface area contributed by atoms with E-state index in [1.165, 1.54) is 0 Å². The molecule has 0 aliphatic rings. The van der Waals surface area contributed by atoms with Crippen LogP contribution in [-0.2, 0) is 9.59 Å². The summed E-state index contributed by atoms with van der Waals surface area (Å²) >= 11 is 5.95. The lowest BCUT2D eigenvalue weighted by atomic mass is 9.87. The first-order valence-corrected chi connectivity index (χ1v) is 9.34. The standard InChI is InChI=1S/C21H25ClN2O3/c1-4-23-19(25)13-27-18-11-9-17(10-12-18)24-21(26)20(14(2)3)15-5-7-16(22)8-6-15/h5-12,14,20H,4,13H2,1-3H3,(H,23,25)(H,24,26). The van der Waals surface area contributed by atoms with Crippen LogP contribution in [0.4, 0.5) is 5.69 Å². The molecule has 0 fully saturated rings. The van der Waals surface area contributed by atoms with Crippen LogP contribution in [-0.4, -0.2) is 25.0 Å². The van der Waals surface area contributed by atoms with Gasteiger partial charge in [-0.3, -0.25) is 9.59 Å². The van der Waals surface area contributed by atoms with Crippen LogP contribution in [0.15, 0.2) is 48.5 Å². The zero-order chi connectivity index (χ0) is 19.8. The molecule has 2 N–H and O–H groups in total. The molecule has 1 unspecified atom stereocenters. The molecule has 1 atom stereocenters. The number of ether oxygens (including phenoxy) is 1. The second kappa shape index (κ2) is 9.97. The first-order chi connectivity index (χ1) is 12.9. The van der Waals surface area contributed by atoms with Crippen molar-refractivity contribution in [1.82, 2.24) is 5.32 Å². The third-order valence-corrected chi connectivity index (χ3v) is 4.30. The third-order valence-electron chi connectivity index (χ3n) is 4.04. The van der Waals surface area contributed by atoms with Gasteiger partial charge in [-0.25, -0.2) is 0 Å². The predicted octanol–water partition coefficient (Wildman–Crippen LogP) is 4.23. The highest BCUT2D eigenvalue weighted by atomic mass is 35.5. The van der Waals surface area contributed by atoms with Gasteiger partial charge in [0, 0.05) is 17.3 Å². The second-order valence-corrected chi connectivity index (χ2v) is 6.97. The minimum absolute atomic E-state index is 0.0362. The Hall–Kier alpha value is -2.53. The summed E-state index contributed by atoms with van der Waals surface area (Å²) in [5, 5.41) is 6.25. The number of halogens is 1. The summed E-state index contributed by atoms with van der Waals surface area (Å²) in [6.07, 6.45) is 0. The maximum atomic E-state index is 12.8. The highest BCUT2D eigenvalue weighted by Gasteiger charge is 2.24. The van der Waals surface area contributed by atoms with E-state index in [2.05, 4.69) is 10.6 Å². The van der Waals surface area contributed by atoms with Crippen molar-refractivity contribution in [1.29, 1.82) is 0 Å². The summed E-state index contributed by atoms with van der Waals surface area (Å²) in [5.74, 6) is 0.167. The molecule has 2 aromatic rings. The van der Waals surface area contributed by atoms with Crippen LogP contribution >= 0.6 is 11.6 Å². The molecule has 0 aliphatic heterocycles. The SMILES string of the molecule is CCNC(=O)COc1ccc(NC(=O)C(c2ccc(Cl)cc2)C(C)C)cc1. The molecule has 0 aliphatic carbocycles. The number of hydrogen-bond acceptors (Lipinski definition) is 3. The summed E-state index contributed by atoms with van der Waals surface area (Å²) in [6.45, 7) is 6.40. The Morgan fingerprint density at radius 3 is 2.22 bits per heavy atom. The summed E-state index contributed by atoms with van der Waals surface area (Å²) in [4.78, 5) is 24.2. The molecule has 2 rings (SSSR count). The van der Waals surface area contributed by atoms with Crippen molar-refractivity contribution >= 4 is 29.1 Å². The Kier molecular flexibility index (Phi) is 7.67. The van der Waals surface area contributed by atoms with E-state index in [4.69, 9.17) is 16.3 Å². The van der Waals surface area contributed by atoms with Gasteiger partial charge < -0.3 is 15.4 Å². The van der Waals surface area contributed by atoms with E-state index in [9.17, 15) is 9.59 Å². The Bertz CT molecular complexity index is 758. The molecule has 0 aromatic heterocycles. The highest BCUT2D eigenvalue weighted by molar-refractivity contribution is 6.30. The largest absolute Gasteiger partial charge is 0.484 e. The number of carbonyl (C=O) groups excluding carboxylic acids is 2. The van der Waals surface area contributed by atoms with E-state index in [-0.39, 0.29) is 30.3 Å². The van der Waals surface area contributed by atoms with Crippen molar-refractivity contribution in [3.63, 3.8) is 0 Å². The fourth-order valence-corrected chi connectivity index (χ4v) is 2.89. The summed E-state index contributed by atoms with van der Waals surface area (Å²) in [5.41, 5.74) is 1.60. The van der Waals surface area contributed by atoms with Crippen LogP contribution in [0.2, 0.25) is 5.02 Å². The topological polar surface area (TPSA) is 67.4 Å². The van der Waals surface area contributed by atoms with Gasteiger partial charge in [-0.15, -0.1) is 0 Å². The number of anilines is 1. The first kappa shape index (κ1) is 20.8. The quantitative estimate of drug-likeness (QED) is 0.711. The monoisotopic (exact) mass is 388 g/mol. The summed E-state index contributed by atoms with van der Waals surface area (Å²) < 4.78 is 5.41. The number of hydrogen-bond donors (Lipinski definition) is 2. The fraction of sp³-hybridized carbons (Fsp3) is 0.333. The Morgan fingerprint density at radius 2 is 1.67 bits per heavy atom. The van der Waals surface area contributed by atoms with Crippen LogP contribution in [0.5, 0.6) is 5.75 Å². The van der Waals surface area contributed by atoms with Gasteiger partial charge in [0.2, 0.25) is 5.91 Å². The van der Waals surface area contributed by atoms with Gasteiger partial charge in [-0.2, -0.15) is 0 Å². The summed E-state index contributed by atoms with van der Waals surface area (Å²) in [6, 6.07) is 14.3. The Morgan fingerprint density at radius 1 is 1.04 bits per heavy atom. The van der Waals surface area contributed by atoms with Crippen molar-refractivity contribution in [2.24, 2.45) is 5.92 Å². The summed E-state index contributed by atoms with van der Waals surface area (Å²) in [7, 11) is 0. The van der Waals surface area contributed by atoms with Gasteiger partial charge in [0.1, 0.15) is 5.75 Å². The molecular weight excluding hydrogens is 364 g/mol. The molecule has 144 valence electrons. The van der Waals surface area contributed by atoms with E-state index < -0.39 is 0 Å². The number of benzene rings is 2. The predicted molar refractivity (Wildman–Crippen MR) is 108 cm³/mol. The molecule has 6 heteroatoms. The molecule has 5 nitrogen and oxygen atoms in total. The normalized spacial score (nSPS) is 11.7. The molecule has 2 amide bonds.